The number of nitrogens with zero attached hydrogens (tertiary/aromatic N) is 1. The number of hydrogen-bond acceptors (Lipinski definition) is 2. The molecule has 0 aliphatic carbocycles. The first-order valence-corrected chi connectivity index (χ1v) is 6.06. The molecule has 18 heavy (non-hydrogen) atoms. The number of hydrogen-bond donors (Lipinski definition) is 1. The van der Waals surface area contributed by atoms with Gasteiger partial charge in [0.25, 0.3) is 0 Å². The third kappa shape index (κ3) is 2.79. The summed E-state index contributed by atoms with van der Waals surface area (Å²) in [5.41, 5.74) is 0.622. The van der Waals surface area contributed by atoms with Crippen LogP contribution in [-0.2, 0) is 6.42 Å². The molecule has 1 N–H and O–H groups in total. The molecule has 0 saturated heterocycles. The molecular weight excluding hydrogens is 254 g/mol. The fourth-order valence-electron chi connectivity index (χ4n) is 1.71. The van der Waals surface area contributed by atoms with Crippen LogP contribution in [0.1, 0.15) is 19.2 Å². The van der Waals surface area contributed by atoms with Gasteiger partial charge in [0, 0.05) is 12.0 Å². The zero-order valence-electron chi connectivity index (χ0n) is 9.84. The number of halogens is 2. The number of benzene rings is 1. The quantitative estimate of drug-likeness (QED) is 0.849. The SMILES string of the molecule is CCCc1nc(=S)cc(-c2cc(F)ccc2F)[nH]1. The second-order valence-electron chi connectivity index (χ2n) is 3.95. The van der Waals surface area contributed by atoms with Gasteiger partial charge in [-0.25, -0.2) is 13.8 Å². The molecule has 5 heteroatoms. The molecule has 1 aromatic heterocycles. The average Bonchev–Trinajstić information content (AvgIpc) is 2.32. The fourth-order valence-corrected chi connectivity index (χ4v) is 1.94. The first kappa shape index (κ1) is 12.8. The maximum atomic E-state index is 13.7. The molecule has 0 fully saturated rings. The summed E-state index contributed by atoms with van der Waals surface area (Å²) in [6.07, 6.45) is 1.61. The Morgan fingerprint density at radius 1 is 1.28 bits per heavy atom. The molecule has 2 nitrogen and oxygen atoms in total. The van der Waals surface area contributed by atoms with Gasteiger partial charge < -0.3 is 4.98 Å². The van der Waals surface area contributed by atoms with Crippen molar-refractivity contribution in [2.75, 3.05) is 0 Å². The highest BCUT2D eigenvalue weighted by atomic mass is 32.1. The van der Waals surface area contributed by atoms with Gasteiger partial charge in [-0.3, -0.25) is 0 Å². The van der Waals surface area contributed by atoms with Gasteiger partial charge >= 0.3 is 0 Å². The van der Waals surface area contributed by atoms with Crippen molar-refractivity contribution in [2.24, 2.45) is 0 Å². The van der Waals surface area contributed by atoms with E-state index in [1.165, 1.54) is 6.07 Å². The Morgan fingerprint density at radius 2 is 2.06 bits per heavy atom. The van der Waals surface area contributed by atoms with Gasteiger partial charge in [-0.15, -0.1) is 0 Å². The van der Waals surface area contributed by atoms with Gasteiger partial charge in [0.2, 0.25) is 0 Å². The molecule has 0 aliphatic heterocycles. The highest BCUT2D eigenvalue weighted by molar-refractivity contribution is 7.71. The van der Waals surface area contributed by atoms with E-state index in [-0.39, 0.29) is 5.56 Å². The summed E-state index contributed by atoms with van der Waals surface area (Å²) >= 11 is 5.03. The van der Waals surface area contributed by atoms with Gasteiger partial charge in [0.15, 0.2) is 0 Å². The standard InChI is InChI=1S/C13H12F2N2S/c1-2-3-12-16-11(7-13(18)17-12)9-6-8(14)4-5-10(9)15/h4-7H,2-3H2,1H3,(H,16,17,18). The second-order valence-corrected chi connectivity index (χ2v) is 4.37. The van der Waals surface area contributed by atoms with Crippen LogP contribution in [0.25, 0.3) is 11.3 Å². The molecule has 1 aromatic carbocycles. The Labute approximate surface area is 109 Å². The smallest absolute Gasteiger partial charge is 0.132 e. The van der Waals surface area contributed by atoms with E-state index < -0.39 is 11.6 Å². The number of aromatic nitrogens is 2. The molecule has 2 aromatic rings. The van der Waals surface area contributed by atoms with Gasteiger partial charge in [-0.05, 0) is 30.7 Å². The minimum atomic E-state index is -0.490. The van der Waals surface area contributed by atoms with Crippen LogP contribution in [0.2, 0.25) is 0 Å². The van der Waals surface area contributed by atoms with Crippen molar-refractivity contribution < 1.29 is 8.78 Å². The lowest BCUT2D eigenvalue weighted by molar-refractivity contribution is 0.602. The molecule has 2 rings (SSSR count). The van der Waals surface area contributed by atoms with Gasteiger partial charge in [0.05, 0.1) is 5.69 Å². The van der Waals surface area contributed by atoms with Crippen LogP contribution in [0.5, 0.6) is 0 Å². The van der Waals surface area contributed by atoms with Crippen LogP contribution in [0.4, 0.5) is 8.78 Å². The van der Waals surface area contributed by atoms with E-state index in [0.29, 0.717) is 22.6 Å². The fraction of sp³-hybridized carbons (Fsp3) is 0.231. The molecule has 0 saturated carbocycles. The van der Waals surface area contributed by atoms with Crippen molar-refractivity contribution in [1.82, 2.24) is 9.97 Å². The largest absolute Gasteiger partial charge is 0.343 e. The maximum absolute atomic E-state index is 13.7. The molecular formula is C13H12F2N2S. The third-order valence-corrected chi connectivity index (χ3v) is 2.71. The van der Waals surface area contributed by atoms with E-state index in [4.69, 9.17) is 12.2 Å². The summed E-state index contributed by atoms with van der Waals surface area (Å²) in [7, 11) is 0. The normalized spacial score (nSPS) is 10.6. The van der Waals surface area contributed by atoms with Crippen molar-refractivity contribution >= 4 is 12.2 Å². The van der Waals surface area contributed by atoms with E-state index in [0.717, 1.165) is 24.6 Å². The van der Waals surface area contributed by atoms with E-state index in [1.54, 1.807) is 0 Å². The minimum absolute atomic E-state index is 0.167. The highest BCUT2D eigenvalue weighted by Gasteiger charge is 2.08. The third-order valence-electron chi connectivity index (χ3n) is 2.50. The van der Waals surface area contributed by atoms with E-state index in [1.807, 2.05) is 6.92 Å². The predicted octanol–water partition coefficient (Wildman–Crippen LogP) is 4.04. The molecule has 94 valence electrons. The Bertz CT molecular complexity index is 623. The number of aryl methyl sites for hydroxylation is 1. The molecule has 0 amide bonds. The zero-order valence-corrected chi connectivity index (χ0v) is 10.7. The topological polar surface area (TPSA) is 28.7 Å². The van der Waals surface area contributed by atoms with Crippen LogP contribution in [-0.4, -0.2) is 9.97 Å². The second kappa shape index (κ2) is 5.35. The molecule has 0 aliphatic rings. The summed E-state index contributed by atoms with van der Waals surface area (Å²) < 4.78 is 27.2. The van der Waals surface area contributed by atoms with Gasteiger partial charge in [0.1, 0.15) is 22.1 Å². The van der Waals surface area contributed by atoms with Gasteiger partial charge in [-0.1, -0.05) is 19.1 Å². The summed E-state index contributed by atoms with van der Waals surface area (Å²) in [5.74, 6) is -0.293. The van der Waals surface area contributed by atoms with Crippen molar-refractivity contribution in [3.63, 3.8) is 0 Å². The van der Waals surface area contributed by atoms with Crippen molar-refractivity contribution in [2.45, 2.75) is 19.8 Å². The lowest BCUT2D eigenvalue weighted by Gasteiger charge is -2.06. The molecule has 0 radical (unpaired) electrons. The van der Waals surface area contributed by atoms with Crippen LogP contribution in [0.15, 0.2) is 24.3 Å². The first-order chi connectivity index (χ1) is 8.60. The average molecular weight is 266 g/mol. The van der Waals surface area contributed by atoms with Crippen molar-refractivity contribution in [3.8, 4) is 11.3 Å². The van der Waals surface area contributed by atoms with Gasteiger partial charge in [-0.2, -0.15) is 0 Å². The lowest BCUT2D eigenvalue weighted by Crippen LogP contribution is -1.98. The number of rotatable bonds is 3. The lowest BCUT2D eigenvalue weighted by atomic mass is 10.1. The van der Waals surface area contributed by atoms with Crippen molar-refractivity contribution in [1.29, 1.82) is 0 Å². The molecule has 0 bridgehead atoms. The summed E-state index contributed by atoms with van der Waals surface area (Å²) in [5, 5.41) is 0. The van der Waals surface area contributed by atoms with Crippen LogP contribution in [0.3, 0.4) is 0 Å². The number of aromatic amines is 1. The van der Waals surface area contributed by atoms with E-state index in [2.05, 4.69) is 9.97 Å². The molecule has 0 spiro atoms. The van der Waals surface area contributed by atoms with Crippen LogP contribution >= 0.6 is 12.2 Å². The predicted molar refractivity (Wildman–Crippen MR) is 68.8 cm³/mol. The Kier molecular flexibility index (Phi) is 3.81. The molecule has 0 unspecified atom stereocenters. The number of H-pyrrole nitrogens is 1. The maximum Gasteiger partial charge on any atom is 0.132 e. The Balaban J connectivity index is 2.56. The van der Waals surface area contributed by atoms with Crippen LogP contribution in [0, 0.1) is 16.3 Å². The number of nitrogens with one attached hydrogen (secondary N) is 1. The monoisotopic (exact) mass is 266 g/mol. The van der Waals surface area contributed by atoms with Crippen LogP contribution < -0.4 is 0 Å². The van der Waals surface area contributed by atoms with Crippen molar-refractivity contribution in [3.05, 3.63) is 46.4 Å². The summed E-state index contributed by atoms with van der Waals surface area (Å²) in [4.78, 5) is 7.13. The first-order valence-electron chi connectivity index (χ1n) is 5.66. The van der Waals surface area contributed by atoms with E-state index in [9.17, 15) is 8.78 Å². The highest BCUT2D eigenvalue weighted by Crippen LogP contribution is 2.22. The molecule has 1 heterocycles. The zero-order chi connectivity index (χ0) is 13.1. The summed E-state index contributed by atoms with van der Waals surface area (Å²) in [6.45, 7) is 2.01. The Hall–Kier alpha value is -1.62. The summed E-state index contributed by atoms with van der Waals surface area (Å²) in [6, 6.07) is 4.86. The minimum Gasteiger partial charge on any atom is -0.343 e. The Morgan fingerprint density at radius 3 is 2.78 bits per heavy atom. The molecule has 0 atom stereocenters. The van der Waals surface area contributed by atoms with E-state index >= 15 is 0 Å².